The van der Waals surface area contributed by atoms with Gasteiger partial charge >= 0.3 is 5.69 Å². The van der Waals surface area contributed by atoms with Crippen molar-refractivity contribution >= 4 is 11.8 Å². The summed E-state index contributed by atoms with van der Waals surface area (Å²) in [5, 5.41) is 0.823. The molecular formula is C10H14N2O2S. The van der Waals surface area contributed by atoms with Crippen molar-refractivity contribution in [1.29, 1.82) is 0 Å². The van der Waals surface area contributed by atoms with E-state index >= 15 is 0 Å². The van der Waals surface area contributed by atoms with E-state index in [2.05, 4.69) is 0 Å². The molecule has 0 N–H and O–H groups in total. The van der Waals surface area contributed by atoms with E-state index in [9.17, 15) is 9.59 Å². The van der Waals surface area contributed by atoms with E-state index in [-0.39, 0.29) is 11.2 Å². The molecule has 0 fully saturated rings. The minimum Gasteiger partial charge on any atom is -0.288 e. The fourth-order valence-corrected chi connectivity index (χ4v) is 2.74. The van der Waals surface area contributed by atoms with Gasteiger partial charge in [-0.15, -0.1) is 11.8 Å². The molecular weight excluding hydrogens is 212 g/mol. The summed E-state index contributed by atoms with van der Waals surface area (Å²) in [6.45, 7) is 3.22. The topological polar surface area (TPSA) is 44.0 Å². The van der Waals surface area contributed by atoms with Crippen molar-refractivity contribution in [1.82, 2.24) is 9.13 Å². The molecule has 1 aromatic rings. The van der Waals surface area contributed by atoms with E-state index in [1.54, 1.807) is 22.4 Å². The fourth-order valence-electron chi connectivity index (χ4n) is 1.75. The molecule has 0 radical (unpaired) electrons. The first-order valence-electron chi connectivity index (χ1n) is 5.21. The zero-order valence-electron chi connectivity index (χ0n) is 8.73. The van der Waals surface area contributed by atoms with Gasteiger partial charge in [0, 0.05) is 24.9 Å². The standard InChI is InChI=1S/C10H14N2O2S/c1-2-4-11-8(13)7-9-12(10(11)14)5-3-6-15-9/h7H,2-6H2,1H3. The molecule has 0 bridgehead atoms. The van der Waals surface area contributed by atoms with Crippen molar-refractivity contribution in [3.05, 3.63) is 26.9 Å². The Kier molecular flexibility index (Phi) is 3.00. The van der Waals surface area contributed by atoms with E-state index in [1.165, 1.54) is 4.57 Å². The van der Waals surface area contributed by atoms with E-state index in [4.69, 9.17) is 0 Å². The van der Waals surface area contributed by atoms with Crippen molar-refractivity contribution in [2.45, 2.75) is 37.9 Å². The van der Waals surface area contributed by atoms with Crippen molar-refractivity contribution in [3.63, 3.8) is 0 Å². The van der Waals surface area contributed by atoms with Gasteiger partial charge in [-0.2, -0.15) is 0 Å². The summed E-state index contributed by atoms with van der Waals surface area (Å²) in [6, 6.07) is 1.58. The number of hydrogen-bond donors (Lipinski definition) is 0. The van der Waals surface area contributed by atoms with Gasteiger partial charge in [0.05, 0.1) is 5.03 Å². The lowest BCUT2D eigenvalue weighted by Crippen LogP contribution is -2.41. The first-order valence-corrected chi connectivity index (χ1v) is 6.20. The molecule has 82 valence electrons. The second kappa shape index (κ2) is 4.26. The maximum atomic E-state index is 11.9. The zero-order valence-corrected chi connectivity index (χ0v) is 9.55. The molecule has 1 aliphatic rings. The maximum absolute atomic E-state index is 11.9. The van der Waals surface area contributed by atoms with Crippen LogP contribution in [0, 0.1) is 0 Å². The highest BCUT2D eigenvalue weighted by atomic mass is 32.2. The van der Waals surface area contributed by atoms with Gasteiger partial charge in [-0.1, -0.05) is 6.92 Å². The molecule has 0 amide bonds. The third-order valence-corrected chi connectivity index (χ3v) is 3.59. The first kappa shape index (κ1) is 10.5. The van der Waals surface area contributed by atoms with Gasteiger partial charge in [0.25, 0.3) is 5.56 Å². The molecule has 0 unspecified atom stereocenters. The summed E-state index contributed by atoms with van der Waals surface area (Å²) in [4.78, 5) is 23.6. The van der Waals surface area contributed by atoms with E-state index in [1.807, 2.05) is 6.92 Å². The molecule has 4 nitrogen and oxygen atoms in total. The quantitative estimate of drug-likeness (QED) is 0.704. The summed E-state index contributed by atoms with van der Waals surface area (Å²) < 4.78 is 3.04. The summed E-state index contributed by atoms with van der Waals surface area (Å²) in [5.41, 5.74) is -0.311. The van der Waals surface area contributed by atoms with Crippen LogP contribution in [0.15, 0.2) is 20.7 Å². The zero-order chi connectivity index (χ0) is 10.8. The molecule has 5 heteroatoms. The lowest BCUT2D eigenvalue weighted by Gasteiger charge is -2.18. The summed E-state index contributed by atoms with van der Waals surface area (Å²) in [6.07, 6.45) is 1.81. The second-order valence-corrected chi connectivity index (χ2v) is 4.72. The van der Waals surface area contributed by atoms with Gasteiger partial charge in [0.15, 0.2) is 0 Å². The third-order valence-electron chi connectivity index (χ3n) is 2.46. The van der Waals surface area contributed by atoms with Gasteiger partial charge in [-0.3, -0.25) is 13.9 Å². The predicted molar refractivity (Wildman–Crippen MR) is 60.6 cm³/mol. The van der Waals surface area contributed by atoms with Crippen LogP contribution in [0.2, 0.25) is 0 Å². The Morgan fingerprint density at radius 1 is 1.47 bits per heavy atom. The molecule has 1 aliphatic heterocycles. The summed E-state index contributed by atoms with van der Waals surface area (Å²) >= 11 is 1.59. The number of nitrogens with zero attached hydrogens (tertiary/aromatic N) is 2. The number of thioether (sulfide) groups is 1. The van der Waals surface area contributed by atoms with E-state index < -0.39 is 0 Å². The Labute approximate surface area is 91.9 Å². The van der Waals surface area contributed by atoms with Crippen LogP contribution < -0.4 is 11.2 Å². The Bertz CT molecular complexity index is 475. The van der Waals surface area contributed by atoms with Crippen LogP contribution in [0.1, 0.15) is 19.8 Å². The first-order chi connectivity index (χ1) is 7.24. The van der Waals surface area contributed by atoms with E-state index in [0.29, 0.717) is 6.54 Å². The summed E-state index contributed by atoms with van der Waals surface area (Å²) in [5.74, 6) is 0.997. The highest BCUT2D eigenvalue weighted by molar-refractivity contribution is 7.99. The highest BCUT2D eigenvalue weighted by Crippen LogP contribution is 2.20. The van der Waals surface area contributed by atoms with Crippen molar-refractivity contribution in [3.8, 4) is 0 Å². The molecule has 0 spiro atoms. The molecule has 0 saturated carbocycles. The largest absolute Gasteiger partial charge is 0.331 e. The Balaban J connectivity index is 2.59. The molecule has 15 heavy (non-hydrogen) atoms. The summed E-state index contributed by atoms with van der Waals surface area (Å²) in [7, 11) is 0. The molecule has 0 aliphatic carbocycles. The molecule has 0 atom stereocenters. The number of aromatic nitrogens is 2. The Morgan fingerprint density at radius 2 is 2.27 bits per heavy atom. The normalized spacial score (nSPS) is 15.0. The highest BCUT2D eigenvalue weighted by Gasteiger charge is 2.14. The van der Waals surface area contributed by atoms with Crippen molar-refractivity contribution < 1.29 is 0 Å². The van der Waals surface area contributed by atoms with Gasteiger partial charge in [-0.25, -0.2) is 4.79 Å². The van der Waals surface area contributed by atoms with Crippen LogP contribution in [-0.2, 0) is 13.1 Å². The smallest absolute Gasteiger partial charge is 0.288 e. The number of hydrogen-bond acceptors (Lipinski definition) is 3. The molecule has 0 aromatic carbocycles. The maximum Gasteiger partial charge on any atom is 0.331 e. The average Bonchev–Trinajstić information content (AvgIpc) is 2.24. The number of fused-ring (bicyclic) bond motifs is 1. The molecule has 1 aromatic heterocycles. The van der Waals surface area contributed by atoms with Crippen molar-refractivity contribution in [2.75, 3.05) is 5.75 Å². The SMILES string of the molecule is CCCn1c(=O)cc2n(c1=O)CCCS2. The van der Waals surface area contributed by atoms with Crippen LogP contribution in [0.4, 0.5) is 0 Å². The van der Waals surface area contributed by atoms with Crippen LogP contribution >= 0.6 is 11.8 Å². The van der Waals surface area contributed by atoms with Gasteiger partial charge in [-0.05, 0) is 12.8 Å². The van der Waals surface area contributed by atoms with Crippen LogP contribution in [0.5, 0.6) is 0 Å². The minimum atomic E-state index is -0.164. The van der Waals surface area contributed by atoms with Crippen LogP contribution in [-0.4, -0.2) is 14.9 Å². The lowest BCUT2D eigenvalue weighted by atomic mass is 10.4. The van der Waals surface area contributed by atoms with Crippen molar-refractivity contribution in [2.24, 2.45) is 0 Å². The minimum absolute atomic E-state index is 0.147. The van der Waals surface area contributed by atoms with Crippen LogP contribution in [0.3, 0.4) is 0 Å². The fraction of sp³-hybridized carbons (Fsp3) is 0.600. The van der Waals surface area contributed by atoms with Gasteiger partial charge < -0.3 is 0 Å². The average molecular weight is 226 g/mol. The van der Waals surface area contributed by atoms with Crippen LogP contribution in [0.25, 0.3) is 0 Å². The Hall–Kier alpha value is -0.970. The monoisotopic (exact) mass is 226 g/mol. The van der Waals surface area contributed by atoms with Gasteiger partial charge in [0.1, 0.15) is 0 Å². The molecule has 2 rings (SSSR count). The Morgan fingerprint density at radius 3 is 3.00 bits per heavy atom. The van der Waals surface area contributed by atoms with Gasteiger partial charge in [0.2, 0.25) is 0 Å². The predicted octanol–water partition coefficient (Wildman–Crippen LogP) is 0.916. The molecule has 0 saturated heterocycles. The number of rotatable bonds is 2. The molecule has 2 heterocycles. The third kappa shape index (κ3) is 1.88. The lowest BCUT2D eigenvalue weighted by molar-refractivity contribution is 0.502. The van der Waals surface area contributed by atoms with E-state index in [0.717, 1.165) is 30.2 Å². The second-order valence-electron chi connectivity index (χ2n) is 3.61.